The summed E-state index contributed by atoms with van der Waals surface area (Å²) in [6, 6.07) is 4.52. The molecule has 1 aromatic rings. The number of nitro groups is 1. The normalized spacial score (nSPS) is 17.2. The summed E-state index contributed by atoms with van der Waals surface area (Å²) in [6.07, 6.45) is 6.02. The smallest absolute Gasteiger partial charge is 0.270 e. The van der Waals surface area contributed by atoms with Gasteiger partial charge in [0, 0.05) is 23.7 Å². The second-order valence-electron chi connectivity index (χ2n) is 5.92. The van der Waals surface area contributed by atoms with Crippen LogP contribution in [0.2, 0.25) is 0 Å². The van der Waals surface area contributed by atoms with Gasteiger partial charge in [-0.3, -0.25) is 14.9 Å². The van der Waals surface area contributed by atoms with E-state index in [9.17, 15) is 14.9 Å². The number of carbonyl (C=O) groups excluding carboxylic acids is 1. The molecule has 0 bridgehead atoms. The molecule has 1 aromatic carbocycles. The molecule has 0 saturated heterocycles. The fourth-order valence-corrected chi connectivity index (χ4v) is 3.00. The average Bonchev–Trinajstić information content (AvgIpc) is 2.48. The Hall–Kier alpha value is -1.91. The lowest BCUT2D eigenvalue weighted by Gasteiger charge is -2.28. The molecule has 1 unspecified atom stereocenters. The van der Waals surface area contributed by atoms with E-state index in [1.54, 1.807) is 13.0 Å². The Balaban J connectivity index is 2.08. The minimum atomic E-state index is -0.471. The molecule has 0 aliphatic heterocycles. The summed E-state index contributed by atoms with van der Waals surface area (Å²) >= 11 is 0. The van der Waals surface area contributed by atoms with Crippen LogP contribution >= 0.6 is 0 Å². The lowest BCUT2D eigenvalue weighted by atomic mass is 9.84. The number of non-ortho nitro benzene ring substituents is 1. The third-order valence-electron chi connectivity index (χ3n) is 4.39. The van der Waals surface area contributed by atoms with E-state index in [1.165, 1.54) is 31.4 Å². The van der Waals surface area contributed by atoms with Crippen molar-refractivity contribution < 1.29 is 9.72 Å². The Bertz CT molecular complexity index is 536. The van der Waals surface area contributed by atoms with Crippen molar-refractivity contribution >= 4 is 11.6 Å². The van der Waals surface area contributed by atoms with Gasteiger partial charge in [0.1, 0.15) is 0 Å². The minimum Gasteiger partial charge on any atom is -0.349 e. The summed E-state index contributed by atoms with van der Waals surface area (Å²) in [7, 11) is 0. The van der Waals surface area contributed by atoms with Crippen LogP contribution in [-0.4, -0.2) is 16.9 Å². The van der Waals surface area contributed by atoms with Crippen LogP contribution in [0.25, 0.3) is 0 Å². The van der Waals surface area contributed by atoms with Gasteiger partial charge in [0.05, 0.1) is 4.92 Å². The van der Waals surface area contributed by atoms with Crippen LogP contribution < -0.4 is 5.32 Å². The zero-order valence-electron chi connectivity index (χ0n) is 12.6. The van der Waals surface area contributed by atoms with Gasteiger partial charge < -0.3 is 5.32 Å². The summed E-state index contributed by atoms with van der Waals surface area (Å²) in [4.78, 5) is 22.7. The predicted octanol–water partition coefficient (Wildman–Crippen LogP) is 3.60. The van der Waals surface area contributed by atoms with E-state index in [1.807, 2.05) is 6.92 Å². The number of amides is 1. The standard InChI is InChI=1S/C16H22N2O3/c1-11-8-9-14(18(20)21)10-15(11)16(19)17-12(2)13-6-4-3-5-7-13/h8-10,12-13H,3-7H2,1-2H3,(H,17,19). The van der Waals surface area contributed by atoms with Gasteiger partial charge >= 0.3 is 0 Å². The van der Waals surface area contributed by atoms with Crippen LogP contribution in [0.15, 0.2) is 18.2 Å². The first-order valence-electron chi connectivity index (χ1n) is 7.55. The Labute approximate surface area is 124 Å². The van der Waals surface area contributed by atoms with Crippen molar-refractivity contribution in [2.45, 2.75) is 52.0 Å². The number of nitro benzene ring substituents is 1. The third kappa shape index (κ3) is 3.80. The van der Waals surface area contributed by atoms with E-state index >= 15 is 0 Å². The molecule has 114 valence electrons. The molecular weight excluding hydrogens is 268 g/mol. The Morgan fingerprint density at radius 2 is 2.00 bits per heavy atom. The van der Waals surface area contributed by atoms with Gasteiger partial charge in [-0.2, -0.15) is 0 Å². The molecule has 1 fully saturated rings. The van der Waals surface area contributed by atoms with Crippen molar-refractivity contribution in [1.82, 2.24) is 5.32 Å². The lowest BCUT2D eigenvalue weighted by Crippen LogP contribution is -2.39. The Morgan fingerprint density at radius 3 is 2.62 bits per heavy atom. The molecule has 0 aromatic heterocycles. The number of benzene rings is 1. The molecule has 1 N–H and O–H groups in total. The SMILES string of the molecule is Cc1ccc([N+](=O)[O-])cc1C(=O)NC(C)C1CCCCC1. The van der Waals surface area contributed by atoms with Gasteiger partial charge in [0.25, 0.3) is 11.6 Å². The average molecular weight is 290 g/mol. The molecule has 0 radical (unpaired) electrons. The maximum atomic E-state index is 12.4. The Morgan fingerprint density at radius 1 is 1.33 bits per heavy atom. The molecule has 0 heterocycles. The maximum absolute atomic E-state index is 12.4. The van der Waals surface area contributed by atoms with Crippen LogP contribution in [0.5, 0.6) is 0 Å². The summed E-state index contributed by atoms with van der Waals surface area (Å²) in [6.45, 7) is 3.82. The highest BCUT2D eigenvalue weighted by Gasteiger charge is 2.23. The maximum Gasteiger partial charge on any atom is 0.270 e. The van der Waals surface area contributed by atoms with E-state index in [4.69, 9.17) is 0 Å². The summed E-state index contributed by atoms with van der Waals surface area (Å²) in [5.74, 6) is 0.302. The summed E-state index contributed by atoms with van der Waals surface area (Å²) < 4.78 is 0. The summed E-state index contributed by atoms with van der Waals surface area (Å²) in [5.41, 5.74) is 1.11. The number of nitrogens with one attached hydrogen (secondary N) is 1. The fraction of sp³-hybridized carbons (Fsp3) is 0.562. The number of carbonyl (C=O) groups is 1. The van der Waals surface area contributed by atoms with Gasteiger partial charge in [-0.1, -0.05) is 25.3 Å². The predicted molar refractivity (Wildman–Crippen MR) is 81.3 cm³/mol. The van der Waals surface area contributed by atoms with Gasteiger partial charge in [0.2, 0.25) is 0 Å². The molecule has 1 saturated carbocycles. The first-order chi connectivity index (χ1) is 9.99. The van der Waals surface area contributed by atoms with E-state index < -0.39 is 4.92 Å². The minimum absolute atomic E-state index is 0.0453. The van der Waals surface area contributed by atoms with E-state index in [0.717, 1.165) is 18.4 Å². The highest BCUT2D eigenvalue weighted by atomic mass is 16.6. The van der Waals surface area contributed by atoms with Gasteiger partial charge in [-0.05, 0) is 38.2 Å². The molecule has 1 aliphatic carbocycles. The van der Waals surface area contributed by atoms with Gasteiger partial charge in [-0.25, -0.2) is 0 Å². The first kappa shape index (κ1) is 15.5. The fourth-order valence-electron chi connectivity index (χ4n) is 3.00. The van der Waals surface area contributed by atoms with Crippen molar-refractivity contribution in [3.63, 3.8) is 0 Å². The monoisotopic (exact) mass is 290 g/mol. The molecule has 1 aliphatic rings. The Kier molecular flexibility index (Phi) is 4.94. The van der Waals surface area contributed by atoms with Crippen molar-refractivity contribution in [2.75, 3.05) is 0 Å². The van der Waals surface area contributed by atoms with Gasteiger partial charge in [-0.15, -0.1) is 0 Å². The molecule has 21 heavy (non-hydrogen) atoms. The molecule has 1 amide bonds. The zero-order chi connectivity index (χ0) is 15.4. The molecule has 1 atom stereocenters. The molecule has 0 spiro atoms. The van der Waals surface area contributed by atoms with Crippen molar-refractivity contribution in [2.24, 2.45) is 5.92 Å². The number of hydrogen-bond donors (Lipinski definition) is 1. The van der Waals surface area contributed by atoms with Crippen molar-refractivity contribution in [3.05, 3.63) is 39.4 Å². The summed E-state index contributed by atoms with van der Waals surface area (Å²) in [5, 5.41) is 13.8. The van der Waals surface area contributed by atoms with Crippen LogP contribution in [0.4, 0.5) is 5.69 Å². The van der Waals surface area contributed by atoms with Crippen LogP contribution in [0.3, 0.4) is 0 Å². The number of nitrogens with zero attached hydrogens (tertiary/aromatic N) is 1. The molecule has 5 heteroatoms. The second-order valence-corrected chi connectivity index (χ2v) is 5.92. The molecule has 5 nitrogen and oxygen atoms in total. The highest BCUT2D eigenvalue weighted by molar-refractivity contribution is 5.96. The first-order valence-corrected chi connectivity index (χ1v) is 7.55. The van der Waals surface area contributed by atoms with E-state index in [0.29, 0.717) is 11.5 Å². The van der Waals surface area contributed by atoms with Crippen molar-refractivity contribution in [1.29, 1.82) is 0 Å². The largest absolute Gasteiger partial charge is 0.349 e. The van der Waals surface area contributed by atoms with Crippen LogP contribution in [0.1, 0.15) is 54.9 Å². The van der Waals surface area contributed by atoms with Crippen molar-refractivity contribution in [3.8, 4) is 0 Å². The molecule has 2 rings (SSSR count). The van der Waals surface area contributed by atoms with E-state index in [-0.39, 0.29) is 17.6 Å². The highest BCUT2D eigenvalue weighted by Crippen LogP contribution is 2.26. The zero-order valence-corrected chi connectivity index (χ0v) is 12.6. The lowest BCUT2D eigenvalue weighted by molar-refractivity contribution is -0.384. The number of aryl methyl sites for hydroxylation is 1. The quantitative estimate of drug-likeness (QED) is 0.680. The van der Waals surface area contributed by atoms with Crippen LogP contribution in [-0.2, 0) is 0 Å². The molecular formula is C16H22N2O3. The topological polar surface area (TPSA) is 72.2 Å². The van der Waals surface area contributed by atoms with Crippen LogP contribution in [0, 0.1) is 23.0 Å². The third-order valence-corrected chi connectivity index (χ3v) is 4.39. The second kappa shape index (κ2) is 6.70. The number of rotatable bonds is 4. The van der Waals surface area contributed by atoms with Gasteiger partial charge in [0.15, 0.2) is 0 Å². The van der Waals surface area contributed by atoms with E-state index in [2.05, 4.69) is 5.32 Å². The number of hydrogen-bond acceptors (Lipinski definition) is 3.